The summed E-state index contributed by atoms with van der Waals surface area (Å²) < 4.78 is 10.5. The molecule has 0 radical (unpaired) electrons. The molecule has 170 valence electrons. The predicted molar refractivity (Wildman–Crippen MR) is 119 cm³/mol. The molecular formula is C22H21ClN6O4. The van der Waals surface area contributed by atoms with Crippen LogP contribution in [0.15, 0.2) is 59.8 Å². The number of carbonyl (C=O) groups excluding carboxylic acids is 2. The topological polar surface area (TPSA) is 120 Å². The molecule has 10 nitrogen and oxygen atoms in total. The number of rotatable bonds is 7. The van der Waals surface area contributed by atoms with Gasteiger partial charge in [0.25, 0.3) is 0 Å². The van der Waals surface area contributed by atoms with E-state index in [0.717, 1.165) is 0 Å². The highest BCUT2D eigenvalue weighted by molar-refractivity contribution is 6.30. The summed E-state index contributed by atoms with van der Waals surface area (Å²) in [5, 5.41) is 18.5. The summed E-state index contributed by atoms with van der Waals surface area (Å²) in [6, 6.07) is 12.9. The van der Waals surface area contributed by atoms with Gasteiger partial charge in [-0.05, 0) is 42.0 Å². The van der Waals surface area contributed by atoms with Crippen LogP contribution in [-0.2, 0) is 16.1 Å². The van der Waals surface area contributed by atoms with Crippen LogP contribution in [0.25, 0.3) is 11.4 Å². The van der Waals surface area contributed by atoms with Crippen LogP contribution in [0.3, 0.4) is 0 Å². The van der Waals surface area contributed by atoms with E-state index in [1.54, 1.807) is 44.4 Å². The van der Waals surface area contributed by atoms with E-state index in [-0.39, 0.29) is 18.7 Å². The second-order valence-corrected chi connectivity index (χ2v) is 7.51. The number of tetrazole rings is 1. The Balaban J connectivity index is 1.70. The second kappa shape index (κ2) is 9.70. The minimum atomic E-state index is -0.730. The van der Waals surface area contributed by atoms with Gasteiger partial charge in [0.05, 0.1) is 31.0 Å². The molecule has 0 unspecified atom stereocenters. The molecule has 2 N–H and O–H groups in total. The molecule has 1 aliphatic rings. The molecule has 3 aromatic rings. The highest BCUT2D eigenvalue weighted by atomic mass is 35.5. The van der Waals surface area contributed by atoms with Crippen molar-refractivity contribution in [2.45, 2.75) is 19.5 Å². The number of amides is 2. The highest BCUT2D eigenvalue weighted by Gasteiger charge is 2.34. The zero-order valence-corrected chi connectivity index (χ0v) is 18.7. The number of allylic oxidation sites excluding steroid dienone is 1. The maximum atomic E-state index is 12.9. The van der Waals surface area contributed by atoms with Gasteiger partial charge in [-0.15, -0.1) is 10.2 Å². The Hall–Kier alpha value is -3.92. The van der Waals surface area contributed by atoms with E-state index in [2.05, 4.69) is 26.0 Å². The molecule has 0 fully saturated rings. The van der Waals surface area contributed by atoms with Gasteiger partial charge in [-0.25, -0.2) is 9.59 Å². The van der Waals surface area contributed by atoms with Gasteiger partial charge in [0.2, 0.25) is 5.82 Å². The van der Waals surface area contributed by atoms with Gasteiger partial charge >= 0.3 is 12.0 Å². The van der Waals surface area contributed by atoms with Gasteiger partial charge in [-0.2, -0.15) is 4.80 Å². The molecule has 33 heavy (non-hydrogen) atoms. The van der Waals surface area contributed by atoms with Gasteiger partial charge in [0, 0.05) is 10.6 Å². The number of benzene rings is 2. The van der Waals surface area contributed by atoms with Crippen LogP contribution in [0.1, 0.15) is 18.5 Å². The zero-order valence-electron chi connectivity index (χ0n) is 17.9. The first kappa shape index (κ1) is 22.3. The monoisotopic (exact) mass is 468 g/mol. The van der Waals surface area contributed by atoms with Crippen molar-refractivity contribution in [1.29, 1.82) is 0 Å². The molecule has 1 atom stereocenters. The van der Waals surface area contributed by atoms with Crippen molar-refractivity contribution in [3.63, 3.8) is 0 Å². The molecule has 2 amide bonds. The SMILES string of the molecule is CCOC(=O)C1=C(Cn2nnc(-c3cccc(OC)c3)n2)NC(=O)N[C@@H]1c1ccc(Cl)cc1. The standard InChI is InChI=1S/C22H21ClN6O4/c1-3-33-21(30)18-17(24-22(31)25-19(18)13-7-9-15(23)10-8-13)12-29-27-20(26-28-29)14-5-4-6-16(11-14)32-2/h4-11,19H,3,12H2,1-2H3,(H2,24,25,31)/t19-/m1/s1. The Labute approximate surface area is 194 Å². The number of hydrogen-bond acceptors (Lipinski definition) is 7. The second-order valence-electron chi connectivity index (χ2n) is 7.07. The average molecular weight is 469 g/mol. The number of halogens is 1. The maximum absolute atomic E-state index is 12.9. The Morgan fingerprint density at radius 3 is 2.73 bits per heavy atom. The molecule has 1 aromatic heterocycles. The molecule has 0 bridgehead atoms. The molecule has 0 saturated carbocycles. The molecular weight excluding hydrogens is 448 g/mol. The molecule has 4 rings (SSSR count). The van der Waals surface area contributed by atoms with E-state index < -0.39 is 18.0 Å². The number of urea groups is 1. The Bertz CT molecular complexity index is 1210. The first-order valence-corrected chi connectivity index (χ1v) is 10.5. The smallest absolute Gasteiger partial charge is 0.338 e. The van der Waals surface area contributed by atoms with Gasteiger partial charge < -0.3 is 20.1 Å². The summed E-state index contributed by atoms with van der Waals surface area (Å²) in [5.41, 5.74) is 1.96. The number of carbonyl (C=O) groups is 2. The Kier molecular flexibility index (Phi) is 6.55. The lowest BCUT2D eigenvalue weighted by Gasteiger charge is -2.29. The van der Waals surface area contributed by atoms with Crippen molar-refractivity contribution in [2.24, 2.45) is 0 Å². The third-order valence-electron chi connectivity index (χ3n) is 4.93. The van der Waals surface area contributed by atoms with E-state index in [9.17, 15) is 9.59 Å². The summed E-state index contributed by atoms with van der Waals surface area (Å²) in [7, 11) is 1.57. The summed E-state index contributed by atoms with van der Waals surface area (Å²) in [6.45, 7) is 1.89. The van der Waals surface area contributed by atoms with Crippen molar-refractivity contribution >= 4 is 23.6 Å². The maximum Gasteiger partial charge on any atom is 0.338 e. The number of hydrogen-bond donors (Lipinski definition) is 2. The van der Waals surface area contributed by atoms with Gasteiger partial charge in [-0.1, -0.05) is 35.9 Å². The van der Waals surface area contributed by atoms with E-state index >= 15 is 0 Å². The van der Waals surface area contributed by atoms with Gasteiger partial charge in [0.1, 0.15) is 12.3 Å². The van der Waals surface area contributed by atoms with E-state index in [1.807, 2.05) is 18.2 Å². The molecule has 0 aliphatic carbocycles. The van der Waals surface area contributed by atoms with Crippen molar-refractivity contribution in [1.82, 2.24) is 30.8 Å². The third kappa shape index (κ3) is 4.96. The molecule has 11 heteroatoms. The minimum absolute atomic E-state index is 0.00261. The van der Waals surface area contributed by atoms with Gasteiger partial charge in [0.15, 0.2) is 0 Å². The number of nitrogens with zero attached hydrogens (tertiary/aromatic N) is 4. The van der Waals surface area contributed by atoms with E-state index in [0.29, 0.717) is 33.4 Å². The molecule has 0 spiro atoms. The van der Waals surface area contributed by atoms with Crippen LogP contribution in [0.2, 0.25) is 5.02 Å². The molecule has 2 aromatic carbocycles. The predicted octanol–water partition coefficient (Wildman–Crippen LogP) is 2.87. The van der Waals surface area contributed by atoms with Crippen LogP contribution in [0.5, 0.6) is 5.75 Å². The van der Waals surface area contributed by atoms with E-state index in [1.165, 1.54) is 4.80 Å². The summed E-state index contributed by atoms with van der Waals surface area (Å²) >= 11 is 6.00. The largest absolute Gasteiger partial charge is 0.497 e. The van der Waals surface area contributed by atoms with E-state index in [4.69, 9.17) is 21.1 Å². The molecule has 2 heterocycles. The fraction of sp³-hybridized carbons (Fsp3) is 0.227. The highest BCUT2D eigenvalue weighted by Crippen LogP contribution is 2.29. The Morgan fingerprint density at radius 2 is 2.00 bits per heavy atom. The number of aromatic nitrogens is 4. The fourth-order valence-corrected chi connectivity index (χ4v) is 3.55. The quantitative estimate of drug-likeness (QED) is 0.511. The first-order chi connectivity index (χ1) is 16.0. The summed E-state index contributed by atoms with van der Waals surface area (Å²) in [5.74, 6) is 0.474. The van der Waals surface area contributed by atoms with Crippen molar-refractivity contribution in [3.8, 4) is 17.1 Å². The lowest BCUT2D eigenvalue weighted by molar-refractivity contribution is -0.139. The summed E-state index contributed by atoms with van der Waals surface area (Å²) in [6.07, 6.45) is 0. The van der Waals surface area contributed by atoms with Gasteiger partial charge in [-0.3, -0.25) is 0 Å². The number of methoxy groups -OCH3 is 1. The number of ether oxygens (including phenoxy) is 2. The minimum Gasteiger partial charge on any atom is -0.497 e. The average Bonchev–Trinajstić information content (AvgIpc) is 3.28. The van der Waals surface area contributed by atoms with Crippen LogP contribution in [0.4, 0.5) is 4.79 Å². The van der Waals surface area contributed by atoms with Crippen LogP contribution >= 0.6 is 11.6 Å². The fourth-order valence-electron chi connectivity index (χ4n) is 3.43. The Morgan fingerprint density at radius 1 is 1.21 bits per heavy atom. The third-order valence-corrected chi connectivity index (χ3v) is 5.18. The molecule has 0 saturated heterocycles. The first-order valence-electron chi connectivity index (χ1n) is 10.1. The zero-order chi connectivity index (χ0) is 23.4. The lowest BCUT2D eigenvalue weighted by Crippen LogP contribution is -2.47. The van der Waals surface area contributed by atoms with Crippen LogP contribution in [-0.4, -0.2) is 45.9 Å². The van der Waals surface area contributed by atoms with Crippen molar-refractivity contribution < 1.29 is 19.1 Å². The van der Waals surface area contributed by atoms with Crippen molar-refractivity contribution in [2.75, 3.05) is 13.7 Å². The lowest BCUT2D eigenvalue weighted by atomic mass is 9.95. The number of esters is 1. The van der Waals surface area contributed by atoms with Crippen LogP contribution < -0.4 is 15.4 Å². The molecule has 1 aliphatic heterocycles. The van der Waals surface area contributed by atoms with Crippen LogP contribution in [0, 0.1) is 0 Å². The van der Waals surface area contributed by atoms with Crippen molar-refractivity contribution in [3.05, 3.63) is 70.4 Å². The summed E-state index contributed by atoms with van der Waals surface area (Å²) in [4.78, 5) is 26.6. The number of nitrogens with one attached hydrogen (secondary N) is 2. The normalized spacial score (nSPS) is 15.6.